The van der Waals surface area contributed by atoms with Crippen molar-refractivity contribution in [1.82, 2.24) is 4.90 Å². The standard InChI is InChI=1S/C16H23NO4/c1-2-3-13-4-5-14(21-13)9-17-8-12-6-7-20-11-16(12,10-17)15(18)19/h4-5,12H,2-3,6-11H2,1H3,(H,18,19)/t12-,16+/m0/s1. The molecule has 0 amide bonds. The molecule has 0 saturated carbocycles. The lowest BCUT2D eigenvalue weighted by Crippen LogP contribution is -2.46. The number of furan rings is 1. The minimum absolute atomic E-state index is 0.189. The van der Waals surface area contributed by atoms with Gasteiger partial charge in [-0.25, -0.2) is 0 Å². The van der Waals surface area contributed by atoms with Crippen molar-refractivity contribution in [3.05, 3.63) is 23.7 Å². The number of carbonyl (C=O) groups is 1. The zero-order valence-electron chi connectivity index (χ0n) is 12.5. The van der Waals surface area contributed by atoms with E-state index in [4.69, 9.17) is 9.15 Å². The zero-order valence-corrected chi connectivity index (χ0v) is 12.5. The van der Waals surface area contributed by atoms with Crippen LogP contribution in [0.4, 0.5) is 0 Å². The Bertz CT molecular complexity index is 512. The Labute approximate surface area is 124 Å². The summed E-state index contributed by atoms with van der Waals surface area (Å²) in [7, 11) is 0. The number of aliphatic carboxylic acids is 1. The quantitative estimate of drug-likeness (QED) is 0.901. The van der Waals surface area contributed by atoms with Gasteiger partial charge in [0, 0.05) is 26.1 Å². The second-order valence-electron chi connectivity index (χ2n) is 6.29. The molecule has 116 valence electrons. The Balaban J connectivity index is 1.68. The van der Waals surface area contributed by atoms with Crippen molar-refractivity contribution in [1.29, 1.82) is 0 Å². The van der Waals surface area contributed by atoms with Crippen molar-refractivity contribution in [3.8, 4) is 0 Å². The summed E-state index contributed by atoms with van der Waals surface area (Å²) in [4.78, 5) is 13.9. The van der Waals surface area contributed by atoms with Crippen LogP contribution in [0.1, 0.15) is 31.3 Å². The third-order valence-corrected chi connectivity index (χ3v) is 4.76. The maximum Gasteiger partial charge on any atom is 0.313 e. The van der Waals surface area contributed by atoms with Gasteiger partial charge in [-0.05, 0) is 30.9 Å². The number of nitrogens with zero attached hydrogens (tertiary/aromatic N) is 1. The van der Waals surface area contributed by atoms with Crippen LogP contribution in [0.5, 0.6) is 0 Å². The van der Waals surface area contributed by atoms with Crippen molar-refractivity contribution >= 4 is 5.97 Å². The fourth-order valence-corrected chi connectivity index (χ4v) is 3.62. The lowest BCUT2D eigenvalue weighted by molar-refractivity contribution is -0.159. The number of carboxylic acid groups (broad SMARTS) is 1. The molecule has 1 aromatic heterocycles. The first-order chi connectivity index (χ1) is 10.1. The molecule has 0 radical (unpaired) electrons. The van der Waals surface area contributed by atoms with Gasteiger partial charge in [-0.15, -0.1) is 0 Å². The largest absolute Gasteiger partial charge is 0.481 e. The van der Waals surface area contributed by atoms with Crippen LogP contribution in [0.15, 0.2) is 16.5 Å². The average molecular weight is 293 g/mol. The molecule has 0 aliphatic carbocycles. The van der Waals surface area contributed by atoms with Crippen LogP contribution in [-0.4, -0.2) is 42.3 Å². The fraction of sp³-hybridized carbons (Fsp3) is 0.688. The lowest BCUT2D eigenvalue weighted by atomic mass is 9.76. The van der Waals surface area contributed by atoms with Crippen LogP contribution in [-0.2, 0) is 22.5 Å². The number of ether oxygens (including phenoxy) is 1. The number of aryl methyl sites for hydroxylation is 1. The molecule has 5 nitrogen and oxygen atoms in total. The topological polar surface area (TPSA) is 62.9 Å². The van der Waals surface area contributed by atoms with E-state index in [1.807, 2.05) is 12.1 Å². The Morgan fingerprint density at radius 2 is 2.29 bits per heavy atom. The SMILES string of the molecule is CCCc1ccc(CN2C[C@@H]3CCOC[C@]3(C(=O)O)C2)o1. The predicted octanol–water partition coefficient (Wildman–Crippen LogP) is 2.16. The Morgan fingerprint density at radius 3 is 3.00 bits per heavy atom. The molecular formula is C16H23NO4. The van der Waals surface area contributed by atoms with Crippen molar-refractivity contribution < 1.29 is 19.1 Å². The third-order valence-electron chi connectivity index (χ3n) is 4.76. The van der Waals surface area contributed by atoms with Gasteiger partial charge in [0.1, 0.15) is 16.9 Å². The van der Waals surface area contributed by atoms with Crippen molar-refractivity contribution in [2.45, 2.75) is 32.7 Å². The van der Waals surface area contributed by atoms with Crippen LogP contribution >= 0.6 is 0 Å². The molecule has 0 spiro atoms. The summed E-state index contributed by atoms with van der Waals surface area (Å²) in [5.74, 6) is 1.41. The summed E-state index contributed by atoms with van der Waals surface area (Å²) >= 11 is 0. The molecule has 0 unspecified atom stereocenters. The van der Waals surface area contributed by atoms with Gasteiger partial charge >= 0.3 is 5.97 Å². The van der Waals surface area contributed by atoms with E-state index in [9.17, 15) is 9.90 Å². The molecule has 0 bridgehead atoms. The van der Waals surface area contributed by atoms with E-state index in [-0.39, 0.29) is 5.92 Å². The third kappa shape index (κ3) is 2.72. The molecule has 0 aromatic carbocycles. The first-order valence-corrected chi connectivity index (χ1v) is 7.75. The molecule has 2 fully saturated rings. The van der Waals surface area contributed by atoms with E-state index in [1.54, 1.807) is 0 Å². The summed E-state index contributed by atoms with van der Waals surface area (Å²) in [5.41, 5.74) is -0.725. The number of hydrogen-bond donors (Lipinski definition) is 1. The second-order valence-corrected chi connectivity index (χ2v) is 6.29. The van der Waals surface area contributed by atoms with Gasteiger partial charge in [-0.3, -0.25) is 9.69 Å². The summed E-state index contributed by atoms with van der Waals surface area (Å²) < 4.78 is 11.3. The molecule has 2 aliphatic heterocycles. The fourth-order valence-electron chi connectivity index (χ4n) is 3.62. The molecule has 3 heterocycles. The van der Waals surface area contributed by atoms with Crippen LogP contribution < -0.4 is 0 Å². The van der Waals surface area contributed by atoms with E-state index < -0.39 is 11.4 Å². The number of likely N-dealkylation sites (tertiary alicyclic amines) is 1. The zero-order chi connectivity index (χ0) is 14.9. The van der Waals surface area contributed by atoms with Gasteiger partial charge < -0.3 is 14.3 Å². The van der Waals surface area contributed by atoms with Gasteiger partial charge in [0.15, 0.2) is 0 Å². The molecule has 5 heteroatoms. The molecule has 21 heavy (non-hydrogen) atoms. The average Bonchev–Trinajstić information content (AvgIpc) is 3.04. The van der Waals surface area contributed by atoms with Crippen LogP contribution in [0.2, 0.25) is 0 Å². The second kappa shape index (κ2) is 5.81. The van der Waals surface area contributed by atoms with Crippen molar-refractivity contribution in [3.63, 3.8) is 0 Å². The van der Waals surface area contributed by atoms with Crippen molar-refractivity contribution in [2.24, 2.45) is 11.3 Å². The summed E-state index contributed by atoms with van der Waals surface area (Å²) in [5, 5.41) is 9.63. The van der Waals surface area contributed by atoms with Crippen LogP contribution in [0.25, 0.3) is 0 Å². The Kier molecular flexibility index (Phi) is 4.04. The Morgan fingerprint density at radius 1 is 1.48 bits per heavy atom. The summed E-state index contributed by atoms with van der Waals surface area (Å²) in [6, 6.07) is 4.04. The number of rotatable bonds is 5. The first kappa shape index (κ1) is 14.6. The smallest absolute Gasteiger partial charge is 0.313 e. The van der Waals surface area contributed by atoms with Gasteiger partial charge in [0.05, 0.1) is 13.2 Å². The van der Waals surface area contributed by atoms with Gasteiger partial charge in [-0.1, -0.05) is 6.92 Å². The van der Waals surface area contributed by atoms with E-state index in [2.05, 4.69) is 11.8 Å². The van der Waals surface area contributed by atoms with E-state index in [0.29, 0.717) is 26.3 Å². The van der Waals surface area contributed by atoms with E-state index >= 15 is 0 Å². The van der Waals surface area contributed by atoms with E-state index in [0.717, 1.165) is 37.3 Å². The number of carboxylic acids is 1. The highest BCUT2D eigenvalue weighted by atomic mass is 16.5. The number of hydrogen-bond acceptors (Lipinski definition) is 4. The van der Waals surface area contributed by atoms with E-state index in [1.165, 1.54) is 0 Å². The highest BCUT2D eigenvalue weighted by molar-refractivity contribution is 5.76. The van der Waals surface area contributed by atoms with Crippen LogP contribution in [0.3, 0.4) is 0 Å². The first-order valence-electron chi connectivity index (χ1n) is 7.75. The molecular weight excluding hydrogens is 270 g/mol. The molecule has 2 saturated heterocycles. The molecule has 2 atom stereocenters. The van der Waals surface area contributed by atoms with Gasteiger partial charge in [-0.2, -0.15) is 0 Å². The van der Waals surface area contributed by atoms with Gasteiger partial charge in [0.2, 0.25) is 0 Å². The highest BCUT2D eigenvalue weighted by Gasteiger charge is 2.54. The highest BCUT2D eigenvalue weighted by Crippen LogP contribution is 2.42. The lowest BCUT2D eigenvalue weighted by Gasteiger charge is -2.34. The predicted molar refractivity (Wildman–Crippen MR) is 77.0 cm³/mol. The van der Waals surface area contributed by atoms with Crippen molar-refractivity contribution in [2.75, 3.05) is 26.3 Å². The number of fused-ring (bicyclic) bond motifs is 1. The normalized spacial score (nSPS) is 29.5. The van der Waals surface area contributed by atoms with Gasteiger partial charge in [0.25, 0.3) is 0 Å². The maximum atomic E-state index is 11.7. The molecule has 2 aliphatic rings. The Hall–Kier alpha value is -1.33. The van der Waals surface area contributed by atoms with Crippen LogP contribution in [0, 0.1) is 11.3 Å². The molecule has 3 rings (SSSR count). The summed E-state index contributed by atoms with van der Waals surface area (Å²) in [6.45, 7) is 5.20. The minimum atomic E-state index is -0.725. The monoisotopic (exact) mass is 293 g/mol. The molecule has 1 aromatic rings. The molecule has 1 N–H and O–H groups in total. The minimum Gasteiger partial charge on any atom is -0.481 e. The summed E-state index contributed by atoms with van der Waals surface area (Å²) in [6.07, 6.45) is 2.86. The maximum absolute atomic E-state index is 11.7.